The Bertz CT molecular complexity index is 3210. The third-order valence-electron chi connectivity index (χ3n) is 11.0. The van der Waals surface area contributed by atoms with E-state index >= 15 is 4.57 Å². The fourth-order valence-electron chi connectivity index (χ4n) is 8.72. The molecule has 0 unspecified atom stereocenters. The van der Waals surface area contributed by atoms with E-state index in [1.165, 1.54) is 16.2 Å². The van der Waals surface area contributed by atoms with Gasteiger partial charge in [0.2, 0.25) is 0 Å². The molecule has 11 aromatic rings. The third kappa shape index (κ3) is 4.29. The van der Waals surface area contributed by atoms with Crippen molar-refractivity contribution in [3.05, 3.63) is 188 Å². The summed E-state index contributed by atoms with van der Waals surface area (Å²) < 4.78 is 18.5. The van der Waals surface area contributed by atoms with Gasteiger partial charge in [-0.1, -0.05) is 164 Å². The minimum Gasteiger partial charge on any atom is -0.309 e. The molecule has 53 heavy (non-hydrogen) atoms. The van der Waals surface area contributed by atoms with E-state index in [2.05, 4.69) is 132 Å². The lowest BCUT2D eigenvalue weighted by molar-refractivity contribution is 0.593. The van der Waals surface area contributed by atoms with Gasteiger partial charge in [0.25, 0.3) is 0 Å². The SMILES string of the molecule is O=P(c1ccccc1)(c1ccccc1)c1c2ccccc2c(-c2ccc3c(c2)c2ccc4ccccc4c2c2nc4ccccc4n32)c2ccccc12. The van der Waals surface area contributed by atoms with E-state index < -0.39 is 7.14 Å². The second-order valence-corrected chi connectivity index (χ2v) is 16.5. The number of pyridine rings is 1. The van der Waals surface area contributed by atoms with E-state index in [9.17, 15) is 0 Å². The van der Waals surface area contributed by atoms with Crippen LogP contribution < -0.4 is 15.9 Å². The second-order valence-electron chi connectivity index (χ2n) is 13.8. The predicted octanol–water partition coefficient (Wildman–Crippen LogP) is 11.6. The maximum Gasteiger partial charge on any atom is 0.172 e. The lowest BCUT2D eigenvalue weighted by Crippen LogP contribution is -2.26. The van der Waals surface area contributed by atoms with Crippen LogP contribution in [-0.2, 0) is 4.57 Å². The van der Waals surface area contributed by atoms with E-state index in [0.717, 1.165) is 81.6 Å². The van der Waals surface area contributed by atoms with Gasteiger partial charge in [0.1, 0.15) is 5.65 Å². The van der Waals surface area contributed by atoms with Crippen LogP contribution in [-0.4, -0.2) is 9.38 Å². The average molecular weight is 695 g/mol. The van der Waals surface area contributed by atoms with E-state index in [0.29, 0.717) is 0 Å². The Balaban J connectivity index is 1.29. The summed E-state index contributed by atoms with van der Waals surface area (Å²) in [4.78, 5) is 5.23. The molecular formula is C49H31N2OP. The maximum atomic E-state index is 16.1. The molecule has 0 saturated carbocycles. The summed E-state index contributed by atoms with van der Waals surface area (Å²) in [5, 5.41) is 12.6. The number of rotatable bonds is 4. The summed E-state index contributed by atoms with van der Waals surface area (Å²) in [5.74, 6) is 0. The highest BCUT2D eigenvalue weighted by atomic mass is 31.2. The molecule has 9 aromatic carbocycles. The van der Waals surface area contributed by atoms with Crippen LogP contribution in [0.2, 0.25) is 0 Å². The van der Waals surface area contributed by atoms with Gasteiger partial charge in [-0.2, -0.15) is 0 Å². The van der Waals surface area contributed by atoms with Gasteiger partial charge in [0.05, 0.1) is 16.6 Å². The smallest absolute Gasteiger partial charge is 0.172 e. The van der Waals surface area contributed by atoms with Crippen LogP contribution in [0.15, 0.2) is 188 Å². The summed E-state index contributed by atoms with van der Waals surface area (Å²) in [6, 6.07) is 65.5. The van der Waals surface area contributed by atoms with E-state index in [4.69, 9.17) is 4.98 Å². The van der Waals surface area contributed by atoms with Crippen LogP contribution in [0.3, 0.4) is 0 Å². The van der Waals surface area contributed by atoms with Crippen molar-refractivity contribution in [3.8, 4) is 11.1 Å². The molecule has 3 nitrogen and oxygen atoms in total. The number of imidazole rings is 1. The van der Waals surface area contributed by atoms with Crippen LogP contribution in [0.5, 0.6) is 0 Å². The first-order valence-electron chi connectivity index (χ1n) is 18.0. The van der Waals surface area contributed by atoms with Gasteiger partial charge >= 0.3 is 0 Å². The van der Waals surface area contributed by atoms with Crippen molar-refractivity contribution in [1.82, 2.24) is 9.38 Å². The standard InChI is InChI=1S/C49H31N2OP/c52-53(34-16-3-1-4-17-34,35-18-5-2-6-19-35)48-40-23-11-9-21-37(40)46(38-22-10-12-24-41(38)48)33-28-30-44-42(31-33)39-29-27-32-15-7-8-20-36(32)47(39)49-50-43-25-13-14-26-45(43)51(44)49/h1-31H. The van der Waals surface area contributed by atoms with Crippen molar-refractivity contribution in [2.24, 2.45) is 0 Å². The maximum absolute atomic E-state index is 16.1. The molecule has 248 valence electrons. The fraction of sp³-hybridized carbons (Fsp3) is 0. The number of fused-ring (bicyclic) bond motifs is 12. The van der Waals surface area contributed by atoms with Gasteiger partial charge in [0, 0.05) is 26.7 Å². The van der Waals surface area contributed by atoms with E-state index in [1.807, 2.05) is 60.7 Å². The largest absolute Gasteiger partial charge is 0.309 e. The van der Waals surface area contributed by atoms with E-state index in [1.54, 1.807) is 0 Å². The highest BCUT2D eigenvalue weighted by Gasteiger charge is 2.34. The van der Waals surface area contributed by atoms with Crippen molar-refractivity contribution in [3.63, 3.8) is 0 Å². The van der Waals surface area contributed by atoms with Crippen molar-refractivity contribution in [2.45, 2.75) is 0 Å². The average Bonchev–Trinajstić information content (AvgIpc) is 3.62. The lowest BCUT2D eigenvalue weighted by atomic mass is 9.90. The molecule has 4 heteroatoms. The Hall–Kier alpha value is -6.54. The molecule has 0 spiro atoms. The molecule has 2 heterocycles. The minimum absolute atomic E-state index is 0.829. The molecule has 0 saturated heterocycles. The van der Waals surface area contributed by atoms with E-state index in [-0.39, 0.29) is 0 Å². The van der Waals surface area contributed by atoms with Gasteiger partial charge in [0.15, 0.2) is 7.14 Å². The Morgan fingerprint density at radius 2 is 1.00 bits per heavy atom. The second kappa shape index (κ2) is 11.5. The van der Waals surface area contributed by atoms with Gasteiger partial charge < -0.3 is 4.57 Å². The zero-order valence-corrected chi connectivity index (χ0v) is 29.5. The highest BCUT2D eigenvalue weighted by Crippen LogP contribution is 2.49. The summed E-state index contributed by atoms with van der Waals surface area (Å²) in [6.07, 6.45) is 0. The molecule has 0 amide bonds. The molecule has 0 N–H and O–H groups in total. The highest BCUT2D eigenvalue weighted by molar-refractivity contribution is 7.86. The first-order chi connectivity index (χ1) is 26.2. The van der Waals surface area contributed by atoms with Gasteiger partial charge in [-0.3, -0.25) is 4.40 Å². The number of benzene rings is 9. The van der Waals surface area contributed by atoms with Crippen LogP contribution in [0.4, 0.5) is 0 Å². The van der Waals surface area contributed by atoms with Gasteiger partial charge in [-0.25, -0.2) is 4.98 Å². The Morgan fingerprint density at radius 3 is 1.68 bits per heavy atom. The minimum atomic E-state index is -3.33. The summed E-state index contributed by atoms with van der Waals surface area (Å²) in [5.41, 5.74) is 6.40. The zero-order valence-electron chi connectivity index (χ0n) is 28.6. The number of aromatic nitrogens is 2. The van der Waals surface area contributed by atoms with Crippen LogP contribution >= 0.6 is 7.14 Å². The molecule has 0 aliphatic carbocycles. The summed E-state index contributed by atoms with van der Waals surface area (Å²) >= 11 is 0. The van der Waals surface area contributed by atoms with Crippen molar-refractivity contribution in [1.29, 1.82) is 0 Å². The molecular weight excluding hydrogens is 664 g/mol. The molecule has 0 fully saturated rings. The van der Waals surface area contributed by atoms with Crippen LogP contribution in [0.25, 0.3) is 81.8 Å². The summed E-state index contributed by atoms with van der Waals surface area (Å²) in [7, 11) is -3.33. The lowest BCUT2D eigenvalue weighted by Gasteiger charge is -2.25. The first kappa shape index (κ1) is 30.1. The number of hydrogen-bond donors (Lipinski definition) is 0. The predicted molar refractivity (Wildman–Crippen MR) is 225 cm³/mol. The Morgan fingerprint density at radius 1 is 0.434 bits per heavy atom. The Labute approximate surface area is 305 Å². The molecule has 0 aliphatic rings. The van der Waals surface area contributed by atoms with Gasteiger partial charge in [-0.05, 0) is 73.1 Å². The number of para-hydroxylation sites is 2. The number of nitrogens with zero attached hydrogens (tertiary/aromatic N) is 2. The molecule has 0 aliphatic heterocycles. The van der Waals surface area contributed by atoms with Crippen molar-refractivity contribution >= 4 is 93.7 Å². The fourth-order valence-corrected chi connectivity index (χ4v) is 11.8. The molecule has 0 radical (unpaired) electrons. The number of hydrogen-bond acceptors (Lipinski definition) is 2. The summed E-state index contributed by atoms with van der Waals surface area (Å²) in [6.45, 7) is 0. The van der Waals surface area contributed by atoms with Crippen molar-refractivity contribution in [2.75, 3.05) is 0 Å². The monoisotopic (exact) mass is 694 g/mol. The Kier molecular flexibility index (Phi) is 6.53. The van der Waals surface area contributed by atoms with Crippen molar-refractivity contribution < 1.29 is 4.57 Å². The molecule has 11 rings (SSSR count). The zero-order chi connectivity index (χ0) is 35.1. The van der Waals surface area contributed by atoms with Gasteiger partial charge in [-0.15, -0.1) is 0 Å². The topological polar surface area (TPSA) is 34.4 Å². The van der Waals surface area contributed by atoms with Crippen LogP contribution in [0.1, 0.15) is 0 Å². The molecule has 0 atom stereocenters. The first-order valence-corrected chi connectivity index (χ1v) is 19.7. The molecule has 2 aromatic heterocycles. The quantitative estimate of drug-likeness (QED) is 0.104. The molecule has 0 bridgehead atoms. The normalized spacial score (nSPS) is 12.2. The van der Waals surface area contributed by atoms with Crippen LogP contribution in [0, 0.1) is 0 Å². The third-order valence-corrected chi connectivity index (χ3v) is 14.1.